The molecular formula is C16H25FN4S. The van der Waals surface area contributed by atoms with E-state index >= 15 is 0 Å². The Kier molecular flexibility index (Phi) is 6.36. The molecule has 2 rings (SSSR count). The van der Waals surface area contributed by atoms with E-state index in [4.69, 9.17) is 0 Å². The predicted octanol–water partition coefficient (Wildman–Crippen LogP) is 2.45. The molecule has 0 aromatic heterocycles. The Bertz CT molecular complexity index is 513. The zero-order valence-corrected chi connectivity index (χ0v) is 14.3. The van der Waals surface area contributed by atoms with Crippen LogP contribution in [0.3, 0.4) is 0 Å². The van der Waals surface area contributed by atoms with Crippen molar-refractivity contribution in [3.05, 3.63) is 29.6 Å². The summed E-state index contributed by atoms with van der Waals surface area (Å²) in [5.74, 6) is 1.83. The summed E-state index contributed by atoms with van der Waals surface area (Å²) < 4.78 is 13.9. The molecule has 1 aliphatic rings. The third-order valence-electron chi connectivity index (χ3n) is 3.70. The Labute approximate surface area is 136 Å². The highest BCUT2D eigenvalue weighted by Gasteiger charge is 2.15. The van der Waals surface area contributed by atoms with Gasteiger partial charge in [-0.25, -0.2) is 4.39 Å². The van der Waals surface area contributed by atoms with E-state index in [2.05, 4.69) is 15.6 Å². The number of nitrogens with zero attached hydrogens (tertiary/aromatic N) is 2. The Balaban J connectivity index is 1.83. The predicted molar refractivity (Wildman–Crippen MR) is 94.4 cm³/mol. The summed E-state index contributed by atoms with van der Waals surface area (Å²) in [5, 5.41) is 7.25. The zero-order chi connectivity index (χ0) is 15.9. The fourth-order valence-electron chi connectivity index (χ4n) is 2.45. The van der Waals surface area contributed by atoms with E-state index in [1.54, 1.807) is 24.1 Å². The van der Waals surface area contributed by atoms with Crippen LogP contribution in [0.2, 0.25) is 0 Å². The number of guanidine groups is 1. The van der Waals surface area contributed by atoms with E-state index in [0.29, 0.717) is 17.5 Å². The Morgan fingerprint density at radius 3 is 2.82 bits per heavy atom. The number of hydrogen-bond donors (Lipinski definition) is 2. The molecule has 1 saturated heterocycles. The average molecular weight is 324 g/mol. The summed E-state index contributed by atoms with van der Waals surface area (Å²) in [6, 6.07) is 5.31. The lowest BCUT2D eigenvalue weighted by Crippen LogP contribution is -2.39. The first-order chi connectivity index (χ1) is 10.6. The molecule has 1 heterocycles. The Morgan fingerprint density at radius 1 is 1.41 bits per heavy atom. The molecule has 1 aromatic rings. The Morgan fingerprint density at radius 2 is 2.23 bits per heavy atom. The van der Waals surface area contributed by atoms with Gasteiger partial charge in [-0.3, -0.25) is 4.99 Å². The lowest BCUT2D eigenvalue weighted by atomic mass is 10.2. The van der Waals surface area contributed by atoms with Gasteiger partial charge < -0.3 is 15.5 Å². The number of aliphatic imine (C=N–C) groups is 1. The number of benzene rings is 1. The van der Waals surface area contributed by atoms with Gasteiger partial charge >= 0.3 is 0 Å². The molecule has 122 valence electrons. The van der Waals surface area contributed by atoms with Crippen LogP contribution in [-0.4, -0.2) is 44.7 Å². The topological polar surface area (TPSA) is 39.7 Å². The van der Waals surface area contributed by atoms with Crippen LogP contribution in [0.25, 0.3) is 0 Å². The zero-order valence-electron chi connectivity index (χ0n) is 13.5. The molecule has 0 aliphatic carbocycles. The van der Waals surface area contributed by atoms with Crippen LogP contribution in [0.4, 0.5) is 10.1 Å². The van der Waals surface area contributed by atoms with Crippen molar-refractivity contribution in [3.8, 4) is 0 Å². The van der Waals surface area contributed by atoms with Gasteiger partial charge in [-0.15, -0.1) is 0 Å². The van der Waals surface area contributed by atoms with E-state index in [1.165, 1.54) is 18.6 Å². The fraction of sp³-hybridized carbons (Fsp3) is 0.562. The van der Waals surface area contributed by atoms with Gasteiger partial charge in [0.1, 0.15) is 5.82 Å². The van der Waals surface area contributed by atoms with Crippen molar-refractivity contribution in [1.29, 1.82) is 0 Å². The maximum atomic E-state index is 13.9. The van der Waals surface area contributed by atoms with Crippen LogP contribution in [0.1, 0.15) is 18.4 Å². The smallest absolute Gasteiger partial charge is 0.191 e. The summed E-state index contributed by atoms with van der Waals surface area (Å²) in [7, 11) is 5.43. The van der Waals surface area contributed by atoms with Crippen LogP contribution in [-0.2, 0) is 6.54 Å². The molecule has 0 spiro atoms. The van der Waals surface area contributed by atoms with Gasteiger partial charge in [0.2, 0.25) is 0 Å². The highest BCUT2D eigenvalue weighted by atomic mass is 32.2. The highest BCUT2D eigenvalue weighted by Crippen LogP contribution is 2.25. The summed E-state index contributed by atoms with van der Waals surface area (Å²) >= 11 is 2.02. The molecule has 1 aromatic carbocycles. The Hall–Kier alpha value is -1.43. The molecule has 22 heavy (non-hydrogen) atoms. The van der Waals surface area contributed by atoms with Crippen molar-refractivity contribution in [2.75, 3.05) is 38.3 Å². The minimum absolute atomic E-state index is 0.199. The second-order valence-corrected chi connectivity index (χ2v) is 7.03. The first-order valence-electron chi connectivity index (χ1n) is 7.62. The third-order valence-corrected chi connectivity index (χ3v) is 5.10. The molecule has 4 nitrogen and oxygen atoms in total. The van der Waals surface area contributed by atoms with Crippen LogP contribution >= 0.6 is 11.8 Å². The van der Waals surface area contributed by atoms with E-state index in [1.807, 2.05) is 31.9 Å². The van der Waals surface area contributed by atoms with Crippen molar-refractivity contribution in [3.63, 3.8) is 0 Å². The van der Waals surface area contributed by atoms with Gasteiger partial charge in [-0.05, 0) is 36.3 Å². The second-order valence-electron chi connectivity index (χ2n) is 5.62. The molecular weight excluding hydrogens is 299 g/mol. The first kappa shape index (κ1) is 16.9. The van der Waals surface area contributed by atoms with Crippen LogP contribution in [0.15, 0.2) is 23.2 Å². The molecule has 1 atom stereocenters. The van der Waals surface area contributed by atoms with Gasteiger partial charge in [0.25, 0.3) is 0 Å². The fourth-order valence-corrected chi connectivity index (χ4v) is 3.65. The second kappa shape index (κ2) is 8.27. The minimum Gasteiger partial charge on any atom is -0.375 e. The van der Waals surface area contributed by atoms with Gasteiger partial charge in [0.15, 0.2) is 5.96 Å². The van der Waals surface area contributed by atoms with Gasteiger partial charge in [0.05, 0.1) is 5.69 Å². The maximum Gasteiger partial charge on any atom is 0.191 e. The maximum absolute atomic E-state index is 13.9. The monoisotopic (exact) mass is 324 g/mol. The van der Waals surface area contributed by atoms with Crippen LogP contribution in [0, 0.1) is 5.82 Å². The van der Waals surface area contributed by atoms with Crippen molar-refractivity contribution < 1.29 is 4.39 Å². The normalized spacial score (nSPS) is 18.4. The third kappa shape index (κ3) is 4.80. The standard InChI is InChI=1S/C16H25FN4S/c1-18-16(20-11-13-5-4-8-22-13)19-10-12-6-7-15(21(2)3)14(17)9-12/h6-7,9,13H,4-5,8,10-11H2,1-3H3,(H2,18,19,20). The van der Waals surface area contributed by atoms with Gasteiger partial charge in [-0.2, -0.15) is 11.8 Å². The largest absolute Gasteiger partial charge is 0.375 e. The highest BCUT2D eigenvalue weighted by molar-refractivity contribution is 8.00. The first-order valence-corrected chi connectivity index (χ1v) is 8.67. The van der Waals surface area contributed by atoms with Crippen molar-refractivity contribution in [2.45, 2.75) is 24.6 Å². The van der Waals surface area contributed by atoms with Crippen molar-refractivity contribution >= 4 is 23.4 Å². The lowest BCUT2D eigenvalue weighted by Gasteiger charge is -2.16. The van der Waals surface area contributed by atoms with Gasteiger partial charge in [-0.1, -0.05) is 6.07 Å². The lowest BCUT2D eigenvalue weighted by molar-refractivity contribution is 0.623. The molecule has 0 radical (unpaired) electrons. The van der Waals surface area contributed by atoms with E-state index in [-0.39, 0.29) is 5.82 Å². The molecule has 1 fully saturated rings. The molecule has 2 N–H and O–H groups in total. The molecule has 0 amide bonds. The van der Waals surface area contributed by atoms with Crippen molar-refractivity contribution in [1.82, 2.24) is 10.6 Å². The van der Waals surface area contributed by atoms with Gasteiger partial charge in [0, 0.05) is 39.5 Å². The number of rotatable bonds is 5. The summed E-state index contributed by atoms with van der Waals surface area (Å²) in [6.07, 6.45) is 2.58. The van der Waals surface area contributed by atoms with E-state index in [9.17, 15) is 4.39 Å². The number of hydrogen-bond acceptors (Lipinski definition) is 3. The molecule has 1 unspecified atom stereocenters. The molecule has 1 aliphatic heterocycles. The van der Waals surface area contributed by atoms with Crippen LogP contribution < -0.4 is 15.5 Å². The van der Waals surface area contributed by atoms with E-state index in [0.717, 1.165) is 18.1 Å². The SMILES string of the molecule is CN=C(NCc1ccc(N(C)C)c(F)c1)NCC1CCCS1. The summed E-state index contributed by atoms with van der Waals surface area (Å²) in [4.78, 5) is 5.99. The number of halogens is 1. The molecule has 0 bridgehead atoms. The average Bonchev–Trinajstić information content (AvgIpc) is 3.00. The van der Waals surface area contributed by atoms with E-state index < -0.39 is 0 Å². The minimum atomic E-state index is -0.199. The molecule has 6 heteroatoms. The summed E-state index contributed by atoms with van der Waals surface area (Å²) in [6.45, 7) is 1.49. The summed E-state index contributed by atoms with van der Waals surface area (Å²) in [5.41, 5.74) is 1.51. The van der Waals surface area contributed by atoms with Crippen LogP contribution in [0.5, 0.6) is 0 Å². The van der Waals surface area contributed by atoms with Crippen molar-refractivity contribution in [2.24, 2.45) is 4.99 Å². The number of anilines is 1. The molecule has 0 saturated carbocycles. The number of nitrogens with one attached hydrogen (secondary N) is 2. The quantitative estimate of drug-likeness (QED) is 0.645. The number of thioether (sulfide) groups is 1.